The number of thiazole rings is 1. The Labute approximate surface area is 146 Å². The number of rotatable bonds is 6. The number of nitrogens with one attached hydrogen (secondary N) is 3. The van der Waals surface area contributed by atoms with Gasteiger partial charge in [-0.1, -0.05) is 6.07 Å². The molecule has 2 aromatic heterocycles. The predicted octanol–water partition coefficient (Wildman–Crippen LogP) is 1.28. The summed E-state index contributed by atoms with van der Waals surface area (Å²) in [5.41, 5.74) is 0.606. The second-order valence-corrected chi connectivity index (χ2v) is 7.22. The minimum absolute atomic E-state index is 0.114. The Morgan fingerprint density at radius 2 is 2.25 bits per heavy atom. The second kappa shape index (κ2) is 7.54. The molecule has 3 amide bonds. The summed E-state index contributed by atoms with van der Waals surface area (Å²) in [4.78, 5) is 40.4. The van der Waals surface area contributed by atoms with Crippen LogP contribution >= 0.6 is 22.7 Å². The molecule has 0 radical (unpaired) electrons. The number of aromatic nitrogens is 1. The first-order valence-corrected chi connectivity index (χ1v) is 9.20. The fraction of sp³-hybridized carbons (Fsp3) is 0.333. The highest BCUT2D eigenvalue weighted by Crippen LogP contribution is 2.17. The van der Waals surface area contributed by atoms with E-state index in [1.165, 1.54) is 11.3 Å². The van der Waals surface area contributed by atoms with Crippen LogP contribution in [0.15, 0.2) is 22.9 Å². The Hall–Kier alpha value is -2.26. The molecule has 1 aliphatic heterocycles. The first kappa shape index (κ1) is 16.6. The number of nitrogens with zero attached hydrogens (tertiary/aromatic N) is 1. The zero-order valence-corrected chi connectivity index (χ0v) is 14.3. The number of anilines is 1. The number of amides is 3. The molecule has 0 spiro atoms. The number of hydrogen-bond donors (Lipinski definition) is 3. The van der Waals surface area contributed by atoms with Crippen molar-refractivity contribution < 1.29 is 14.4 Å². The molecular formula is C15H16N4O3S2. The van der Waals surface area contributed by atoms with Crippen molar-refractivity contribution in [2.45, 2.75) is 31.8 Å². The normalized spacial score (nSPS) is 16.7. The molecule has 3 N–H and O–H groups in total. The van der Waals surface area contributed by atoms with E-state index < -0.39 is 6.04 Å². The third-order valence-electron chi connectivity index (χ3n) is 3.48. The van der Waals surface area contributed by atoms with Crippen LogP contribution in [0.3, 0.4) is 0 Å². The lowest BCUT2D eigenvalue weighted by molar-refractivity contribution is -0.122. The number of hydrogen-bond acceptors (Lipinski definition) is 6. The van der Waals surface area contributed by atoms with Gasteiger partial charge in [0.2, 0.25) is 17.7 Å². The standard InChI is InChI=1S/C15H16N4O3S2/c20-12-4-3-11(18-12)14(22)19-15-17-9(8-24-15)6-13(21)16-7-10-2-1-5-23-10/h1-2,5,8,11H,3-4,6-7H2,(H,16,21)(H,18,20)(H,17,19,22). The molecule has 0 aliphatic carbocycles. The van der Waals surface area contributed by atoms with E-state index >= 15 is 0 Å². The van der Waals surface area contributed by atoms with Crippen LogP contribution in [0.2, 0.25) is 0 Å². The molecule has 126 valence electrons. The lowest BCUT2D eigenvalue weighted by atomic mass is 10.2. The molecule has 1 fully saturated rings. The van der Waals surface area contributed by atoms with Gasteiger partial charge in [-0.3, -0.25) is 14.4 Å². The number of carbonyl (C=O) groups excluding carboxylic acids is 3. The molecule has 0 saturated carbocycles. The van der Waals surface area contributed by atoms with E-state index in [1.54, 1.807) is 16.7 Å². The minimum atomic E-state index is -0.501. The molecule has 2 aromatic rings. The van der Waals surface area contributed by atoms with Crippen molar-refractivity contribution in [2.75, 3.05) is 5.32 Å². The van der Waals surface area contributed by atoms with Gasteiger partial charge in [-0.25, -0.2) is 4.98 Å². The summed E-state index contributed by atoms with van der Waals surface area (Å²) in [5.74, 6) is -0.504. The number of thiophene rings is 1. The van der Waals surface area contributed by atoms with Crippen molar-refractivity contribution in [1.29, 1.82) is 0 Å². The van der Waals surface area contributed by atoms with Crippen molar-refractivity contribution >= 4 is 45.5 Å². The lowest BCUT2D eigenvalue weighted by Crippen LogP contribution is -2.37. The van der Waals surface area contributed by atoms with E-state index in [-0.39, 0.29) is 24.1 Å². The molecule has 3 rings (SSSR count). The molecular weight excluding hydrogens is 348 g/mol. The van der Waals surface area contributed by atoms with Crippen molar-refractivity contribution in [2.24, 2.45) is 0 Å². The zero-order chi connectivity index (χ0) is 16.9. The maximum absolute atomic E-state index is 12.0. The Kier molecular flexibility index (Phi) is 5.21. The van der Waals surface area contributed by atoms with Crippen molar-refractivity contribution in [3.05, 3.63) is 33.5 Å². The number of carbonyl (C=O) groups is 3. The van der Waals surface area contributed by atoms with Crippen LogP contribution in [-0.4, -0.2) is 28.7 Å². The summed E-state index contributed by atoms with van der Waals surface area (Å²) < 4.78 is 0. The van der Waals surface area contributed by atoms with Gasteiger partial charge in [-0.05, 0) is 17.9 Å². The lowest BCUT2D eigenvalue weighted by Gasteiger charge is -2.08. The summed E-state index contributed by atoms with van der Waals surface area (Å²) in [6.45, 7) is 0.506. The monoisotopic (exact) mass is 364 g/mol. The molecule has 1 saturated heterocycles. The van der Waals surface area contributed by atoms with E-state index in [0.29, 0.717) is 30.2 Å². The molecule has 0 aromatic carbocycles. The quantitative estimate of drug-likeness (QED) is 0.719. The van der Waals surface area contributed by atoms with Crippen LogP contribution in [0, 0.1) is 0 Å². The molecule has 1 atom stereocenters. The highest BCUT2D eigenvalue weighted by atomic mass is 32.1. The van der Waals surface area contributed by atoms with Gasteiger partial charge in [-0.15, -0.1) is 22.7 Å². The van der Waals surface area contributed by atoms with Crippen LogP contribution in [0.1, 0.15) is 23.4 Å². The van der Waals surface area contributed by atoms with Crippen LogP contribution in [0.25, 0.3) is 0 Å². The maximum Gasteiger partial charge on any atom is 0.248 e. The molecule has 1 aliphatic rings. The van der Waals surface area contributed by atoms with Crippen molar-refractivity contribution in [1.82, 2.24) is 15.6 Å². The topological polar surface area (TPSA) is 100 Å². The van der Waals surface area contributed by atoms with E-state index in [9.17, 15) is 14.4 Å². The summed E-state index contributed by atoms with van der Waals surface area (Å²) >= 11 is 2.85. The van der Waals surface area contributed by atoms with Crippen LogP contribution in [0.4, 0.5) is 5.13 Å². The molecule has 1 unspecified atom stereocenters. The van der Waals surface area contributed by atoms with Gasteiger partial charge in [0.05, 0.1) is 18.7 Å². The molecule has 7 nitrogen and oxygen atoms in total. The third-order valence-corrected chi connectivity index (χ3v) is 5.16. The zero-order valence-electron chi connectivity index (χ0n) is 12.7. The molecule has 3 heterocycles. The third kappa shape index (κ3) is 4.39. The van der Waals surface area contributed by atoms with E-state index in [0.717, 1.165) is 4.88 Å². The highest BCUT2D eigenvalue weighted by Gasteiger charge is 2.27. The first-order valence-electron chi connectivity index (χ1n) is 7.44. The Morgan fingerprint density at radius 3 is 2.96 bits per heavy atom. The SMILES string of the molecule is O=C(Cc1csc(NC(=O)C2CCC(=O)N2)n1)NCc1cccs1. The van der Waals surface area contributed by atoms with Gasteiger partial charge in [0.15, 0.2) is 5.13 Å². The molecule has 24 heavy (non-hydrogen) atoms. The van der Waals surface area contributed by atoms with Crippen LogP contribution in [-0.2, 0) is 27.3 Å². The summed E-state index contributed by atoms with van der Waals surface area (Å²) in [5, 5.41) is 12.3. The maximum atomic E-state index is 12.0. The fourth-order valence-corrected chi connectivity index (χ4v) is 3.63. The van der Waals surface area contributed by atoms with Crippen molar-refractivity contribution in [3.8, 4) is 0 Å². The van der Waals surface area contributed by atoms with Crippen molar-refractivity contribution in [3.63, 3.8) is 0 Å². The molecule has 9 heteroatoms. The highest BCUT2D eigenvalue weighted by molar-refractivity contribution is 7.14. The van der Waals surface area contributed by atoms with Gasteiger partial charge in [0, 0.05) is 16.7 Å². The van der Waals surface area contributed by atoms with E-state index in [2.05, 4.69) is 20.9 Å². The summed E-state index contributed by atoms with van der Waals surface area (Å²) in [6, 6.07) is 3.40. The second-order valence-electron chi connectivity index (χ2n) is 5.32. The van der Waals surface area contributed by atoms with E-state index in [4.69, 9.17) is 0 Å². The average Bonchev–Trinajstić information content (AvgIpc) is 3.27. The Balaban J connectivity index is 1.47. The fourth-order valence-electron chi connectivity index (χ4n) is 2.27. The minimum Gasteiger partial charge on any atom is -0.351 e. The largest absolute Gasteiger partial charge is 0.351 e. The molecule has 0 bridgehead atoms. The van der Waals surface area contributed by atoms with Gasteiger partial charge < -0.3 is 16.0 Å². The Morgan fingerprint density at radius 1 is 1.38 bits per heavy atom. The average molecular weight is 364 g/mol. The van der Waals surface area contributed by atoms with Crippen LogP contribution in [0.5, 0.6) is 0 Å². The van der Waals surface area contributed by atoms with Gasteiger partial charge in [-0.2, -0.15) is 0 Å². The first-order chi connectivity index (χ1) is 11.6. The smallest absolute Gasteiger partial charge is 0.248 e. The predicted molar refractivity (Wildman–Crippen MR) is 91.8 cm³/mol. The van der Waals surface area contributed by atoms with E-state index in [1.807, 2.05) is 17.5 Å². The Bertz CT molecular complexity index is 742. The van der Waals surface area contributed by atoms with Crippen LogP contribution < -0.4 is 16.0 Å². The van der Waals surface area contributed by atoms with Gasteiger partial charge >= 0.3 is 0 Å². The summed E-state index contributed by atoms with van der Waals surface area (Å²) in [7, 11) is 0. The van der Waals surface area contributed by atoms with Gasteiger partial charge in [0.1, 0.15) is 6.04 Å². The van der Waals surface area contributed by atoms with Gasteiger partial charge in [0.25, 0.3) is 0 Å². The summed E-state index contributed by atoms with van der Waals surface area (Å²) in [6.07, 6.45) is 1.03.